The summed E-state index contributed by atoms with van der Waals surface area (Å²) < 4.78 is 0. The van der Waals surface area contributed by atoms with Crippen molar-refractivity contribution in [1.82, 2.24) is 10.2 Å². The number of hydrogen-bond acceptors (Lipinski definition) is 3. The van der Waals surface area contributed by atoms with Gasteiger partial charge in [-0.2, -0.15) is 0 Å². The van der Waals surface area contributed by atoms with Crippen molar-refractivity contribution in [2.24, 2.45) is 0 Å². The van der Waals surface area contributed by atoms with Gasteiger partial charge in [-0.05, 0) is 30.5 Å². The maximum atomic E-state index is 12.2. The van der Waals surface area contributed by atoms with Crippen LogP contribution in [0.4, 0.5) is 0 Å². The van der Waals surface area contributed by atoms with E-state index < -0.39 is 0 Å². The molecule has 120 valence electrons. The Balaban J connectivity index is 1.47. The average molecular weight is 328 g/mol. The van der Waals surface area contributed by atoms with Gasteiger partial charge in [0.1, 0.15) is 0 Å². The van der Waals surface area contributed by atoms with Crippen molar-refractivity contribution in [3.8, 4) is 10.4 Å². The minimum atomic E-state index is -0.0371. The summed E-state index contributed by atoms with van der Waals surface area (Å²) in [5.41, 5.74) is 1.13. The van der Waals surface area contributed by atoms with Gasteiger partial charge in [0.05, 0.1) is 4.88 Å². The van der Waals surface area contributed by atoms with Crippen LogP contribution in [0.25, 0.3) is 10.4 Å². The molecule has 1 aliphatic heterocycles. The van der Waals surface area contributed by atoms with E-state index >= 15 is 0 Å². The van der Waals surface area contributed by atoms with Gasteiger partial charge in [-0.25, -0.2) is 0 Å². The molecule has 1 aromatic heterocycles. The summed E-state index contributed by atoms with van der Waals surface area (Å²) in [4.78, 5) is 27.4. The fourth-order valence-corrected chi connectivity index (χ4v) is 3.64. The summed E-state index contributed by atoms with van der Waals surface area (Å²) in [6, 6.07) is 13.9. The van der Waals surface area contributed by atoms with Crippen LogP contribution in [0.15, 0.2) is 42.5 Å². The molecule has 0 atom stereocenters. The molecule has 0 radical (unpaired) electrons. The maximum Gasteiger partial charge on any atom is 0.261 e. The fraction of sp³-hybridized carbons (Fsp3) is 0.333. The topological polar surface area (TPSA) is 49.4 Å². The molecule has 1 N–H and O–H groups in total. The van der Waals surface area contributed by atoms with E-state index in [4.69, 9.17) is 0 Å². The second kappa shape index (κ2) is 7.42. The highest BCUT2D eigenvalue weighted by Gasteiger charge is 2.19. The third kappa shape index (κ3) is 3.99. The Morgan fingerprint density at radius 3 is 2.74 bits per heavy atom. The van der Waals surface area contributed by atoms with Crippen LogP contribution in [0.3, 0.4) is 0 Å². The quantitative estimate of drug-likeness (QED) is 0.828. The predicted molar refractivity (Wildman–Crippen MR) is 92.5 cm³/mol. The zero-order valence-electron chi connectivity index (χ0n) is 13.0. The van der Waals surface area contributed by atoms with Gasteiger partial charge in [-0.1, -0.05) is 30.3 Å². The Kier molecular flexibility index (Phi) is 5.08. The number of carbonyl (C=O) groups excluding carboxylic acids is 2. The van der Waals surface area contributed by atoms with E-state index in [0.29, 0.717) is 13.0 Å². The van der Waals surface area contributed by atoms with Crippen LogP contribution in [0.2, 0.25) is 0 Å². The molecule has 0 unspecified atom stereocenters. The SMILES string of the molecule is O=C(NCCCN1CCCC1=O)c1ccc(-c2ccccc2)s1. The lowest BCUT2D eigenvalue weighted by atomic mass is 10.2. The summed E-state index contributed by atoms with van der Waals surface area (Å²) in [6.07, 6.45) is 2.43. The highest BCUT2D eigenvalue weighted by molar-refractivity contribution is 7.17. The number of carbonyl (C=O) groups is 2. The minimum Gasteiger partial charge on any atom is -0.351 e. The van der Waals surface area contributed by atoms with Crippen LogP contribution >= 0.6 is 11.3 Å². The molecule has 2 heterocycles. The molecule has 0 bridgehead atoms. The van der Waals surface area contributed by atoms with Crippen molar-refractivity contribution in [1.29, 1.82) is 0 Å². The molecule has 23 heavy (non-hydrogen) atoms. The van der Waals surface area contributed by atoms with Crippen LogP contribution in [-0.4, -0.2) is 36.3 Å². The third-order valence-electron chi connectivity index (χ3n) is 3.95. The summed E-state index contributed by atoms with van der Waals surface area (Å²) in [6.45, 7) is 2.19. The first-order valence-corrected chi connectivity index (χ1v) is 8.77. The van der Waals surface area contributed by atoms with E-state index in [-0.39, 0.29) is 11.8 Å². The zero-order valence-corrected chi connectivity index (χ0v) is 13.8. The lowest BCUT2D eigenvalue weighted by Gasteiger charge is -2.15. The summed E-state index contributed by atoms with van der Waals surface area (Å²) in [5.74, 6) is 0.201. The molecule has 1 fully saturated rings. The number of thiophene rings is 1. The number of nitrogens with zero attached hydrogens (tertiary/aromatic N) is 1. The fourth-order valence-electron chi connectivity index (χ4n) is 2.72. The Bertz CT molecular complexity index is 681. The van der Waals surface area contributed by atoms with Crippen molar-refractivity contribution in [2.45, 2.75) is 19.3 Å². The second-order valence-electron chi connectivity index (χ2n) is 5.62. The van der Waals surface area contributed by atoms with Crippen molar-refractivity contribution >= 4 is 23.2 Å². The number of nitrogens with one attached hydrogen (secondary N) is 1. The molecule has 3 rings (SSSR count). The van der Waals surface area contributed by atoms with Gasteiger partial charge in [0.15, 0.2) is 0 Å². The Hall–Kier alpha value is -2.14. The van der Waals surface area contributed by atoms with Gasteiger partial charge in [0.25, 0.3) is 5.91 Å². The van der Waals surface area contributed by atoms with Crippen molar-refractivity contribution in [3.63, 3.8) is 0 Å². The minimum absolute atomic E-state index is 0.0371. The number of amides is 2. The van der Waals surface area contributed by atoms with Crippen molar-refractivity contribution < 1.29 is 9.59 Å². The predicted octanol–water partition coefficient (Wildman–Crippen LogP) is 3.16. The number of rotatable bonds is 6. The number of hydrogen-bond donors (Lipinski definition) is 1. The number of benzene rings is 1. The van der Waals surface area contributed by atoms with E-state index in [2.05, 4.69) is 5.32 Å². The first-order valence-electron chi connectivity index (χ1n) is 7.95. The van der Waals surface area contributed by atoms with E-state index in [1.165, 1.54) is 11.3 Å². The molecule has 0 saturated carbocycles. The Labute approximate surface area is 140 Å². The summed E-state index contributed by atoms with van der Waals surface area (Å²) in [7, 11) is 0. The Morgan fingerprint density at radius 2 is 2.00 bits per heavy atom. The van der Waals surface area contributed by atoms with Crippen molar-refractivity contribution in [3.05, 3.63) is 47.3 Å². The highest BCUT2D eigenvalue weighted by Crippen LogP contribution is 2.27. The zero-order chi connectivity index (χ0) is 16.1. The first kappa shape index (κ1) is 15.7. The summed E-state index contributed by atoms with van der Waals surface area (Å²) >= 11 is 1.50. The maximum absolute atomic E-state index is 12.2. The van der Waals surface area contributed by atoms with Crippen molar-refractivity contribution in [2.75, 3.05) is 19.6 Å². The van der Waals surface area contributed by atoms with Crippen LogP contribution in [0, 0.1) is 0 Å². The molecule has 1 saturated heterocycles. The third-order valence-corrected chi connectivity index (χ3v) is 5.08. The standard InChI is InChI=1S/C18H20N2O2S/c21-17-8-4-12-20(17)13-5-11-19-18(22)16-10-9-15(23-16)14-6-2-1-3-7-14/h1-3,6-7,9-10H,4-5,8,11-13H2,(H,19,22). The molecule has 2 aromatic rings. The van der Waals surface area contributed by atoms with Crippen LogP contribution in [0.5, 0.6) is 0 Å². The molecule has 2 amide bonds. The monoisotopic (exact) mass is 328 g/mol. The van der Waals surface area contributed by atoms with Crippen LogP contribution in [-0.2, 0) is 4.79 Å². The normalized spacial score (nSPS) is 14.3. The lowest BCUT2D eigenvalue weighted by Crippen LogP contribution is -2.30. The highest BCUT2D eigenvalue weighted by atomic mass is 32.1. The largest absolute Gasteiger partial charge is 0.351 e. The van der Waals surface area contributed by atoms with Crippen LogP contribution in [0.1, 0.15) is 28.9 Å². The van der Waals surface area contributed by atoms with Gasteiger partial charge >= 0.3 is 0 Å². The lowest BCUT2D eigenvalue weighted by molar-refractivity contribution is -0.127. The van der Waals surface area contributed by atoms with E-state index in [1.54, 1.807) is 0 Å². The average Bonchev–Trinajstić information content (AvgIpc) is 3.22. The molecular weight excluding hydrogens is 308 g/mol. The van der Waals surface area contributed by atoms with Gasteiger partial charge < -0.3 is 10.2 Å². The molecular formula is C18H20N2O2S. The molecule has 4 nitrogen and oxygen atoms in total. The van der Waals surface area contributed by atoms with Gasteiger partial charge in [-0.3, -0.25) is 9.59 Å². The van der Waals surface area contributed by atoms with E-state index in [0.717, 1.165) is 41.2 Å². The molecule has 5 heteroatoms. The first-order chi connectivity index (χ1) is 11.2. The van der Waals surface area contributed by atoms with E-state index in [1.807, 2.05) is 47.4 Å². The van der Waals surface area contributed by atoms with E-state index in [9.17, 15) is 9.59 Å². The molecule has 1 aliphatic rings. The number of likely N-dealkylation sites (tertiary alicyclic amines) is 1. The molecule has 0 aliphatic carbocycles. The van der Waals surface area contributed by atoms with Crippen LogP contribution < -0.4 is 5.32 Å². The van der Waals surface area contributed by atoms with Gasteiger partial charge in [0.2, 0.25) is 5.91 Å². The molecule has 1 aromatic carbocycles. The van der Waals surface area contributed by atoms with Gasteiger partial charge in [-0.15, -0.1) is 11.3 Å². The Morgan fingerprint density at radius 1 is 1.17 bits per heavy atom. The van der Waals surface area contributed by atoms with Gasteiger partial charge in [0, 0.05) is 30.9 Å². The smallest absolute Gasteiger partial charge is 0.261 e. The summed E-state index contributed by atoms with van der Waals surface area (Å²) in [5, 5.41) is 2.94. The second-order valence-corrected chi connectivity index (χ2v) is 6.71. The molecule has 0 spiro atoms.